The summed E-state index contributed by atoms with van der Waals surface area (Å²) in [7, 11) is 0. The molecule has 0 saturated heterocycles. The highest BCUT2D eigenvalue weighted by Gasteiger charge is 2.13. The summed E-state index contributed by atoms with van der Waals surface area (Å²) in [6, 6.07) is 17.5. The van der Waals surface area contributed by atoms with E-state index in [1.54, 1.807) is 17.1 Å². The predicted molar refractivity (Wildman–Crippen MR) is 126 cm³/mol. The Labute approximate surface area is 190 Å². The first-order chi connectivity index (χ1) is 16.1. The van der Waals surface area contributed by atoms with Crippen molar-refractivity contribution in [2.45, 2.75) is 19.4 Å². The van der Waals surface area contributed by atoms with Gasteiger partial charge in [-0.25, -0.2) is 9.97 Å². The van der Waals surface area contributed by atoms with Crippen LogP contribution in [-0.4, -0.2) is 31.6 Å². The first kappa shape index (κ1) is 21.7. The lowest BCUT2D eigenvalue weighted by molar-refractivity contribution is -0.116. The average molecular weight is 441 g/mol. The molecule has 0 aliphatic rings. The number of nitrogen functional groups attached to an aromatic ring is 1. The summed E-state index contributed by atoms with van der Waals surface area (Å²) >= 11 is 0. The van der Waals surface area contributed by atoms with E-state index >= 15 is 0 Å². The van der Waals surface area contributed by atoms with Crippen LogP contribution < -0.4 is 16.4 Å². The van der Waals surface area contributed by atoms with Gasteiger partial charge in [-0.1, -0.05) is 42.5 Å². The van der Waals surface area contributed by atoms with E-state index < -0.39 is 5.91 Å². The van der Waals surface area contributed by atoms with Gasteiger partial charge in [0.2, 0.25) is 5.91 Å². The maximum Gasteiger partial charge on any atom is 0.278 e. The van der Waals surface area contributed by atoms with Gasteiger partial charge in [-0.05, 0) is 29.7 Å². The molecule has 2 aromatic heterocycles. The number of rotatable bonds is 8. The standard InChI is InChI=1S/C24H23N7O2/c25-23-22(26-11-12-27-23)24(33)30-20-14-28-31(16-20)15-18-7-4-8-19(13-18)29-21(32)10-9-17-5-2-1-3-6-17/h1-8,11-14,16H,9-10,15H2,(H2,25,27)(H,29,32)(H,30,33). The number of anilines is 3. The number of nitrogens with zero attached hydrogens (tertiary/aromatic N) is 4. The first-order valence-electron chi connectivity index (χ1n) is 10.4. The van der Waals surface area contributed by atoms with Crippen molar-refractivity contribution in [3.05, 3.63) is 96.2 Å². The fourth-order valence-corrected chi connectivity index (χ4v) is 3.29. The molecule has 0 unspecified atom stereocenters. The molecule has 33 heavy (non-hydrogen) atoms. The number of hydrogen-bond donors (Lipinski definition) is 3. The zero-order valence-electron chi connectivity index (χ0n) is 17.8. The largest absolute Gasteiger partial charge is 0.382 e. The average Bonchev–Trinajstić information content (AvgIpc) is 3.25. The van der Waals surface area contributed by atoms with Crippen LogP contribution in [-0.2, 0) is 17.8 Å². The molecule has 4 rings (SSSR count). The third kappa shape index (κ3) is 6.01. The molecule has 2 aromatic carbocycles. The van der Waals surface area contributed by atoms with Crippen molar-refractivity contribution in [2.24, 2.45) is 0 Å². The lowest BCUT2D eigenvalue weighted by Crippen LogP contribution is -2.16. The van der Waals surface area contributed by atoms with Crippen LogP contribution in [0.3, 0.4) is 0 Å². The van der Waals surface area contributed by atoms with Crippen molar-refractivity contribution in [2.75, 3.05) is 16.4 Å². The van der Waals surface area contributed by atoms with E-state index in [0.29, 0.717) is 25.1 Å². The minimum absolute atomic E-state index is 0.0385. The Kier molecular flexibility index (Phi) is 6.70. The van der Waals surface area contributed by atoms with Crippen LogP contribution in [0.25, 0.3) is 0 Å². The summed E-state index contributed by atoms with van der Waals surface area (Å²) in [6.07, 6.45) is 7.17. The lowest BCUT2D eigenvalue weighted by Gasteiger charge is -2.08. The second-order valence-corrected chi connectivity index (χ2v) is 7.41. The molecule has 0 atom stereocenters. The van der Waals surface area contributed by atoms with E-state index in [4.69, 9.17) is 5.73 Å². The Bertz CT molecular complexity index is 1250. The van der Waals surface area contributed by atoms with E-state index in [2.05, 4.69) is 25.7 Å². The van der Waals surface area contributed by atoms with Crippen LogP contribution in [0.2, 0.25) is 0 Å². The summed E-state index contributed by atoms with van der Waals surface area (Å²) in [6.45, 7) is 0.469. The summed E-state index contributed by atoms with van der Waals surface area (Å²) < 4.78 is 1.69. The fraction of sp³-hybridized carbons (Fsp3) is 0.125. The molecule has 9 heteroatoms. The molecule has 2 amide bonds. The number of aryl methyl sites for hydroxylation is 1. The number of carbonyl (C=O) groups is 2. The van der Waals surface area contributed by atoms with Crippen LogP contribution >= 0.6 is 0 Å². The van der Waals surface area contributed by atoms with Crippen molar-refractivity contribution in [3.8, 4) is 0 Å². The zero-order valence-corrected chi connectivity index (χ0v) is 17.8. The third-order valence-corrected chi connectivity index (χ3v) is 4.87. The van der Waals surface area contributed by atoms with Gasteiger partial charge in [0.15, 0.2) is 11.5 Å². The van der Waals surface area contributed by atoms with Crippen LogP contribution in [0.5, 0.6) is 0 Å². The monoisotopic (exact) mass is 441 g/mol. The minimum Gasteiger partial charge on any atom is -0.382 e. The molecule has 4 N–H and O–H groups in total. The van der Waals surface area contributed by atoms with Gasteiger partial charge in [0.25, 0.3) is 5.91 Å². The Balaban J connectivity index is 1.33. The molecule has 166 valence electrons. The number of aromatic nitrogens is 4. The van der Waals surface area contributed by atoms with Crippen LogP contribution in [0, 0.1) is 0 Å². The Morgan fingerprint density at radius 1 is 0.909 bits per heavy atom. The smallest absolute Gasteiger partial charge is 0.278 e. The van der Waals surface area contributed by atoms with Crippen molar-refractivity contribution < 1.29 is 9.59 Å². The Hall–Kier alpha value is -4.53. The number of carbonyl (C=O) groups excluding carboxylic acids is 2. The van der Waals surface area contributed by atoms with E-state index in [1.165, 1.54) is 12.4 Å². The SMILES string of the molecule is Nc1nccnc1C(=O)Nc1cnn(Cc2cccc(NC(=O)CCc3ccccc3)c2)c1. The zero-order chi connectivity index (χ0) is 23.0. The molecule has 0 aliphatic heterocycles. The molecule has 0 fully saturated rings. The van der Waals surface area contributed by atoms with Gasteiger partial charge < -0.3 is 16.4 Å². The van der Waals surface area contributed by atoms with Crippen molar-refractivity contribution in [1.82, 2.24) is 19.7 Å². The highest BCUT2D eigenvalue weighted by atomic mass is 16.2. The number of amides is 2. The topological polar surface area (TPSA) is 128 Å². The predicted octanol–water partition coefficient (Wildman–Crippen LogP) is 3.13. The third-order valence-electron chi connectivity index (χ3n) is 4.87. The summed E-state index contributed by atoms with van der Waals surface area (Å²) in [5.41, 5.74) is 9.07. The maximum absolute atomic E-state index is 12.3. The molecule has 9 nitrogen and oxygen atoms in total. The molecule has 4 aromatic rings. The molecule has 2 heterocycles. The van der Waals surface area contributed by atoms with E-state index in [-0.39, 0.29) is 17.4 Å². The molecule has 0 aliphatic carbocycles. The quantitative estimate of drug-likeness (QED) is 0.385. The highest BCUT2D eigenvalue weighted by molar-refractivity contribution is 6.05. The number of nitrogens with two attached hydrogens (primary N) is 1. The molecule has 0 radical (unpaired) electrons. The number of benzene rings is 2. The van der Waals surface area contributed by atoms with Gasteiger partial charge in [-0.2, -0.15) is 5.10 Å². The molecular formula is C24H23N7O2. The number of nitrogens with one attached hydrogen (secondary N) is 2. The summed E-state index contributed by atoms with van der Waals surface area (Å²) in [5, 5.41) is 9.93. The van der Waals surface area contributed by atoms with Gasteiger partial charge in [-0.3, -0.25) is 14.3 Å². The molecule has 0 saturated carbocycles. The van der Waals surface area contributed by atoms with E-state index in [9.17, 15) is 9.59 Å². The number of hydrogen-bond acceptors (Lipinski definition) is 6. The van der Waals surface area contributed by atoms with Crippen molar-refractivity contribution >= 4 is 29.0 Å². The summed E-state index contributed by atoms with van der Waals surface area (Å²) in [5.74, 6) is -0.436. The van der Waals surface area contributed by atoms with Gasteiger partial charge in [-0.15, -0.1) is 0 Å². The fourth-order valence-electron chi connectivity index (χ4n) is 3.29. The van der Waals surface area contributed by atoms with Crippen LogP contribution in [0.4, 0.5) is 17.2 Å². The lowest BCUT2D eigenvalue weighted by atomic mass is 10.1. The van der Waals surface area contributed by atoms with Gasteiger partial charge in [0.05, 0.1) is 18.4 Å². The molecular weight excluding hydrogens is 418 g/mol. The van der Waals surface area contributed by atoms with Gasteiger partial charge in [0, 0.05) is 30.7 Å². The van der Waals surface area contributed by atoms with Gasteiger partial charge >= 0.3 is 0 Å². The van der Waals surface area contributed by atoms with Crippen molar-refractivity contribution in [1.29, 1.82) is 0 Å². The van der Waals surface area contributed by atoms with Crippen molar-refractivity contribution in [3.63, 3.8) is 0 Å². The normalized spacial score (nSPS) is 10.5. The van der Waals surface area contributed by atoms with Crippen LogP contribution in [0.1, 0.15) is 28.0 Å². The Morgan fingerprint density at radius 3 is 2.52 bits per heavy atom. The van der Waals surface area contributed by atoms with Gasteiger partial charge in [0.1, 0.15) is 0 Å². The second-order valence-electron chi connectivity index (χ2n) is 7.41. The maximum atomic E-state index is 12.3. The molecule has 0 spiro atoms. The second kappa shape index (κ2) is 10.2. The van der Waals surface area contributed by atoms with E-state index in [1.807, 2.05) is 54.6 Å². The molecule has 0 bridgehead atoms. The highest BCUT2D eigenvalue weighted by Crippen LogP contribution is 2.15. The van der Waals surface area contributed by atoms with E-state index in [0.717, 1.165) is 16.8 Å². The minimum atomic E-state index is -0.458. The first-order valence-corrected chi connectivity index (χ1v) is 10.4. The van der Waals surface area contributed by atoms with Crippen LogP contribution in [0.15, 0.2) is 79.4 Å². The Morgan fingerprint density at radius 2 is 1.70 bits per heavy atom. The summed E-state index contributed by atoms with van der Waals surface area (Å²) in [4.78, 5) is 32.5.